The Hall–Kier alpha value is -3.26. The number of likely N-dealkylation sites (tertiary alicyclic amines) is 1. The van der Waals surface area contributed by atoms with Crippen molar-refractivity contribution in [3.8, 4) is 0 Å². The number of pyridine rings is 1. The largest absolute Gasteiger partial charge is 0.350 e. The molecule has 0 aliphatic carbocycles. The molecule has 1 saturated heterocycles. The van der Waals surface area contributed by atoms with E-state index in [1.165, 1.54) is 6.42 Å². The van der Waals surface area contributed by atoms with Gasteiger partial charge in [0.2, 0.25) is 5.91 Å². The quantitative estimate of drug-likeness (QED) is 0.690. The van der Waals surface area contributed by atoms with Gasteiger partial charge in [0.25, 0.3) is 11.8 Å². The molecule has 35 heavy (non-hydrogen) atoms. The fraction of sp³-hybridized carbons (Fsp3) is 0.481. The van der Waals surface area contributed by atoms with E-state index in [9.17, 15) is 14.4 Å². The van der Waals surface area contributed by atoms with Crippen LogP contribution in [0.1, 0.15) is 71.2 Å². The SMILES string of the molecule is O=C(NCCN1CCCC1=O)c1ccc2c(c1)CNCCCCCCCN2C(=O)c1cccnc1. The van der Waals surface area contributed by atoms with Crippen LogP contribution in [-0.4, -0.2) is 60.3 Å². The molecule has 0 bridgehead atoms. The number of aromatic nitrogens is 1. The van der Waals surface area contributed by atoms with Gasteiger partial charge in [-0.25, -0.2) is 0 Å². The van der Waals surface area contributed by atoms with Crippen LogP contribution in [0.5, 0.6) is 0 Å². The molecule has 0 radical (unpaired) electrons. The van der Waals surface area contributed by atoms with Crippen molar-refractivity contribution in [3.05, 3.63) is 59.4 Å². The molecule has 2 N–H and O–H groups in total. The molecule has 0 atom stereocenters. The molecule has 1 aromatic heterocycles. The van der Waals surface area contributed by atoms with Gasteiger partial charge in [-0.15, -0.1) is 0 Å². The molecule has 3 amide bonds. The zero-order valence-corrected chi connectivity index (χ0v) is 20.3. The van der Waals surface area contributed by atoms with Crippen molar-refractivity contribution in [1.29, 1.82) is 0 Å². The number of anilines is 1. The molecule has 3 heterocycles. The molecule has 0 saturated carbocycles. The molecule has 8 heteroatoms. The number of hydrogen-bond donors (Lipinski definition) is 2. The molecule has 0 unspecified atom stereocenters. The van der Waals surface area contributed by atoms with E-state index >= 15 is 0 Å². The molecule has 1 aromatic carbocycles. The summed E-state index contributed by atoms with van der Waals surface area (Å²) in [5.41, 5.74) is 2.85. The van der Waals surface area contributed by atoms with E-state index in [-0.39, 0.29) is 17.7 Å². The second-order valence-corrected chi connectivity index (χ2v) is 9.23. The lowest BCUT2D eigenvalue weighted by Crippen LogP contribution is -2.36. The Morgan fingerprint density at radius 2 is 1.86 bits per heavy atom. The Balaban J connectivity index is 1.53. The van der Waals surface area contributed by atoms with E-state index < -0.39 is 0 Å². The number of benzene rings is 1. The van der Waals surface area contributed by atoms with Crippen LogP contribution in [0.3, 0.4) is 0 Å². The summed E-state index contributed by atoms with van der Waals surface area (Å²) in [7, 11) is 0. The first-order chi connectivity index (χ1) is 17.1. The average molecular weight is 478 g/mol. The van der Waals surface area contributed by atoms with E-state index in [1.807, 2.05) is 17.0 Å². The lowest BCUT2D eigenvalue weighted by Gasteiger charge is -2.26. The highest BCUT2D eigenvalue weighted by atomic mass is 16.2. The highest BCUT2D eigenvalue weighted by molar-refractivity contribution is 6.06. The number of carbonyl (C=O) groups is 3. The molecule has 2 aliphatic heterocycles. The van der Waals surface area contributed by atoms with Gasteiger partial charge in [0.15, 0.2) is 0 Å². The third-order valence-corrected chi connectivity index (χ3v) is 6.68. The minimum Gasteiger partial charge on any atom is -0.350 e. The zero-order valence-electron chi connectivity index (χ0n) is 20.3. The van der Waals surface area contributed by atoms with Crippen LogP contribution >= 0.6 is 0 Å². The molecule has 0 spiro atoms. The Morgan fingerprint density at radius 3 is 2.66 bits per heavy atom. The summed E-state index contributed by atoms with van der Waals surface area (Å²) in [6.45, 7) is 3.82. The summed E-state index contributed by atoms with van der Waals surface area (Å²) in [5, 5.41) is 6.42. The van der Waals surface area contributed by atoms with Crippen LogP contribution < -0.4 is 15.5 Å². The van der Waals surface area contributed by atoms with Gasteiger partial charge in [-0.1, -0.05) is 19.3 Å². The Labute approximate surface area is 207 Å². The molecular weight excluding hydrogens is 442 g/mol. The van der Waals surface area contributed by atoms with E-state index in [4.69, 9.17) is 0 Å². The summed E-state index contributed by atoms with van der Waals surface area (Å²) < 4.78 is 0. The summed E-state index contributed by atoms with van der Waals surface area (Å²) in [6.07, 6.45) is 10.2. The average Bonchev–Trinajstić information content (AvgIpc) is 3.29. The summed E-state index contributed by atoms with van der Waals surface area (Å²) in [6, 6.07) is 9.11. The molecule has 2 aliphatic rings. The first-order valence-corrected chi connectivity index (χ1v) is 12.7. The number of rotatable bonds is 5. The molecule has 2 aromatic rings. The Kier molecular flexibility index (Phi) is 8.84. The Bertz CT molecular complexity index is 1030. The van der Waals surface area contributed by atoms with Gasteiger partial charge in [0.1, 0.15) is 0 Å². The van der Waals surface area contributed by atoms with Crippen LogP contribution in [-0.2, 0) is 11.3 Å². The minimum atomic E-state index is -0.171. The first kappa shape index (κ1) is 24.9. The van der Waals surface area contributed by atoms with Crippen molar-refractivity contribution in [3.63, 3.8) is 0 Å². The standard InChI is InChI=1S/C27H35N5O3/c33-25-9-7-15-31(25)17-14-30-26(34)21-10-11-24-23(18-21)20-28-12-4-2-1-3-5-16-32(24)27(35)22-8-6-13-29-19-22/h6,8,10-11,13,18-19,28H,1-5,7,9,12,14-17,20H2,(H,30,34). The van der Waals surface area contributed by atoms with Gasteiger partial charge in [0, 0.05) is 62.8 Å². The van der Waals surface area contributed by atoms with Gasteiger partial charge in [-0.05, 0) is 61.7 Å². The number of nitrogens with one attached hydrogen (secondary N) is 2. The predicted octanol–water partition coefficient (Wildman–Crippen LogP) is 3.13. The second kappa shape index (κ2) is 12.4. The van der Waals surface area contributed by atoms with E-state index in [1.54, 1.807) is 35.5 Å². The molecule has 8 nitrogen and oxygen atoms in total. The van der Waals surface area contributed by atoms with Crippen molar-refractivity contribution in [2.24, 2.45) is 0 Å². The molecule has 4 rings (SSSR count). The first-order valence-electron chi connectivity index (χ1n) is 12.7. The van der Waals surface area contributed by atoms with Gasteiger partial charge in [-0.3, -0.25) is 19.4 Å². The lowest BCUT2D eigenvalue weighted by atomic mass is 10.0. The fourth-order valence-electron chi connectivity index (χ4n) is 4.73. The van der Waals surface area contributed by atoms with Crippen molar-refractivity contribution < 1.29 is 14.4 Å². The van der Waals surface area contributed by atoms with E-state index in [0.717, 1.165) is 56.4 Å². The number of carbonyl (C=O) groups excluding carboxylic acids is 3. The molecule has 1 fully saturated rings. The second-order valence-electron chi connectivity index (χ2n) is 9.23. The van der Waals surface area contributed by atoms with Gasteiger partial charge >= 0.3 is 0 Å². The molecule has 186 valence electrons. The van der Waals surface area contributed by atoms with E-state index in [0.29, 0.717) is 43.7 Å². The maximum atomic E-state index is 13.4. The summed E-state index contributed by atoms with van der Waals surface area (Å²) in [4.78, 5) is 45.9. The monoisotopic (exact) mass is 477 g/mol. The third kappa shape index (κ3) is 6.66. The lowest BCUT2D eigenvalue weighted by molar-refractivity contribution is -0.127. The number of amides is 3. The minimum absolute atomic E-state index is 0.0797. The van der Waals surface area contributed by atoms with Crippen molar-refractivity contribution in [1.82, 2.24) is 20.5 Å². The van der Waals surface area contributed by atoms with Gasteiger partial charge in [-0.2, -0.15) is 0 Å². The topological polar surface area (TPSA) is 94.6 Å². The van der Waals surface area contributed by atoms with Crippen LogP contribution in [0.25, 0.3) is 0 Å². The van der Waals surface area contributed by atoms with Crippen LogP contribution in [0.2, 0.25) is 0 Å². The fourth-order valence-corrected chi connectivity index (χ4v) is 4.73. The van der Waals surface area contributed by atoms with Crippen molar-refractivity contribution >= 4 is 23.4 Å². The smallest absolute Gasteiger partial charge is 0.259 e. The van der Waals surface area contributed by atoms with E-state index in [2.05, 4.69) is 15.6 Å². The Morgan fingerprint density at radius 1 is 1.00 bits per heavy atom. The maximum absolute atomic E-state index is 13.4. The number of nitrogens with zero attached hydrogens (tertiary/aromatic N) is 3. The van der Waals surface area contributed by atoms with Crippen molar-refractivity contribution in [2.45, 2.75) is 51.5 Å². The van der Waals surface area contributed by atoms with Crippen molar-refractivity contribution in [2.75, 3.05) is 37.6 Å². The maximum Gasteiger partial charge on any atom is 0.259 e. The van der Waals surface area contributed by atoms with Crippen LogP contribution in [0.15, 0.2) is 42.7 Å². The van der Waals surface area contributed by atoms with Crippen LogP contribution in [0.4, 0.5) is 5.69 Å². The third-order valence-electron chi connectivity index (χ3n) is 6.68. The normalized spacial score (nSPS) is 17.3. The van der Waals surface area contributed by atoms with Crippen LogP contribution in [0, 0.1) is 0 Å². The summed E-state index contributed by atoms with van der Waals surface area (Å²) >= 11 is 0. The van der Waals surface area contributed by atoms with Gasteiger partial charge < -0.3 is 20.4 Å². The number of fused-ring (bicyclic) bond motifs is 1. The zero-order chi connectivity index (χ0) is 24.5. The summed E-state index contributed by atoms with van der Waals surface area (Å²) in [5.74, 6) is -0.0944. The molecular formula is C27H35N5O3. The highest BCUT2D eigenvalue weighted by Crippen LogP contribution is 2.26. The highest BCUT2D eigenvalue weighted by Gasteiger charge is 2.22. The predicted molar refractivity (Wildman–Crippen MR) is 135 cm³/mol. The van der Waals surface area contributed by atoms with Gasteiger partial charge in [0.05, 0.1) is 5.56 Å². The number of hydrogen-bond acceptors (Lipinski definition) is 5.